The van der Waals surface area contributed by atoms with Crippen LogP contribution >= 0.6 is 0 Å². The molecule has 32 heavy (non-hydrogen) atoms. The summed E-state index contributed by atoms with van der Waals surface area (Å²) < 4.78 is 2.25. The van der Waals surface area contributed by atoms with Crippen molar-refractivity contribution < 1.29 is 14.7 Å². The third kappa shape index (κ3) is 4.18. The number of benzene rings is 3. The van der Waals surface area contributed by atoms with Crippen LogP contribution in [0.5, 0.6) is 5.75 Å². The molecular formula is C25H24N4O3. The molecule has 0 aliphatic heterocycles. The summed E-state index contributed by atoms with van der Waals surface area (Å²) in [6, 6.07) is 20.3. The Morgan fingerprint density at radius 1 is 0.969 bits per heavy atom. The minimum Gasteiger partial charge on any atom is -0.507 e. The summed E-state index contributed by atoms with van der Waals surface area (Å²) in [4.78, 5) is 24.6. The summed E-state index contributed by atoms with van der Waals surface area (Å²) in [6.07, 6.45) is 0.0236. The van der Waals surface area contributed by atoms with E-state index in [9.17, 15) is 14.7 Å². The number of hydrogen-bond donors (Lipinski definition) is 3. The molecule has 0 unspecified atom stereocenters. The molecule has 1 heterocycles. The van der Waals surface area contributed by atoms with Gasteiger partial charge in [-0.1, -0.05) is 30.3 Å². The molecule has 0 aliphatic rings. The van der Waals surface area contributed by atoms with Crippen LogP contribution in [-0.4, -0.2) is 27.2 Å². The maximum Gasteiger partial charge on any atom is 0.275 e. The number of nitrogens with zero attached hydrogens (tertiary/aromatic N) is 2. The van der Waals surface area contributed by atoms with Gasteiger partial charge in [-0.2, -0.15) is 5.10 Å². The third-order valence-electron chi connectivity index (χ3n) is 5.29. The number of phenolic OH excluding ortho intramolecular Hbond substituents is 1. The minimum absolute atomic E-state index is 0.0236. The molecule has 3 aromatic carbocycles. The minimum atomic E-state index is -0.541. The lowest BCUT2D eigenvalue weighted by molar-refractivity contribution is -0.115. The van der Waals surface area contributed by atoms with Gasteiger partial charge in [0, 0.05) is 39.7 Å². The number of aromatic hydroxyl groups is 1. The number of nitrogens with one attached hydrogen (secondary N) is 2. The zero-order valence-electron chi connectivity index (χ0n) is 17.9. The van der Waals surface area contributed by atoms with Crippen molar-refractivity contribution in [3.63, 3.8) is 0 Å². The second kappa shape index (κ2) is 8.93. The quantitative estimate of drug-likeness (QED) is 0.308. The highest BCUT2D eigenvalue weighted by Gasteiger charge is 2.12. The molecule has 3 N–H and O–H groups in total. The fourth-order valence-corrected chi connectivity index (χ4v) is 3.82. The molecule has 4 rings (SSSR count). The van der Waals surface area contributed by atoms with Gasteiger partial charge >= 0.3 is 0 Å². The van der Waals surface area contributed by atoms with Gasteiger partial charge in [-0.15, -0.1) is 0 Å². The van der Waals surface area contributed by atoms with E-state index in [0.717, 1.165) is 28.4 Å². The number of carbonyl (C=O) groups excluding carboxylic acids is 2. The molecule has 0 saturated heterocycles. The van der Waals surface area contributed by atoms with Crippen molar-refractivity contribution in [3.8, 4) is 5.75 Å². The first-order chi connectivity index (χ1) is 15.5. The number of fused-ring (bicyclic) bond motifs is 3. The number of aryl methyl sites for hydroxylation is 1. The first-order valence-electron chi connectivity index (χ1n) is 10.4. The van der Waals surface area contributed by atoms with Gasteiger partial charge in [-0.3, -0.25) is 9.59 Å². The van der Waals surface area contributed by atoms with Crippen molar-refractivity contribution in [2.75, 3.05) is 5.32 Å². The number of amides is 2. The fourth-order valence-electron chi connectivity index (χ4n) is 3.82. The van der Waals surface area contributed by atoms with Crippen LogP contribution < -0.4 is 10.7 Å². The Balaban J connectivity index is 1.45. The summed E-state index contributed by atoms with van der Waals surface area (Å²) in [5, 5.41) is 18.8. The zero-order valence-corrected chi connectivity index (χ0v) is 17.9. The van der Waals surface area contributed by atoms with Crippen LogP contribution in [0.4, 0.5) is 5.69 Å². The van der Waals surface area contributed by atoms with Crippen molar-refractivity contribution in [1.29, 1.82) is 0 Å². The molecule has 0 bridgehead atoms. The highest BCUT2D eigenvalue weighted by molar-refractivity contribution is 6.11. The van der Waals surface area contributed by atoms with E-state index in [0.29, 0.717) is 11.4 Å². The first kappa shape index (κ1) is 21.1. The van der Waals surface area contributed by atoms with Crippen LogP contribution in [0, 0.1) is 0 Å². The molecule has 0 saturated carbocycles. The Labute approximate surface area is 185 Å². The van der Waals surface area contributed by atoms with Crippen molar-refractivity contribution in [2.24, 2.45) is 5.10 Å². The van der Waals surface area contributed by atoms with Crippen molar-refractivity contribution in [2.45, 2.75) is 26.8 Å². The summed E-state index contributed by atoms with van der Waals surface area (Å²) in [6.45, 7) is 4.63. The maximum absolute atomic E-state index is 12.5. The molecule has 0 spiro atoms. The Kier molecular flexibility index (Phi) is 5.89. The van der Waals surface area contributed by atoms with E-state index >= 15 is 0 Å². The highest BCUT2D eigenvalue weighted by Crippen LogP contribution is 2.31. The number of anilines is 1. The number of carbonyl (C=O) groups is 2. The molecular weight excluding hydrogens is 404 g/mol. The summed E-state index contributed by atoms with van der Waals surface area (Å²) >= 11 is 0. The van der Waals surface area contributed by atoms with E-state index in [4.69, 9.17) is 0 Å². The average Bonchev–Trinajstić information content (AvgIpc) is 3.10. The van der Waals surface area contributed by atoms with Gasteiger partial charge in [0.05, 0.1) is 12.0 Å². The van der Waals surface area contributed by atoms with Crippen molar-refractivity contribution in [1.82, 2.24) is 9.99 Å². The maximum atomic E-state index is 12.5. The second-order valence-electron chi connectivity index (χ2n) is 7.52. The smallest absolute Gasteiger partial charge is 0.275 e. The van der Waals surface area contributed by atoms with Crippen molar-refractivity contribution >= 4 is 45.0 Å². The van der Waals surface area contributed by atoms with Crippen LogP contribution in [0.15, 0.2) is 71.8 Å². The number of rotatable bonds is 6. The average molecular weight is 428 g/mol. The Morgan fingerprint density at radius 3 is 2.47 bits per heavy atom. The molecule has 0 fully saturated rings. The molecule has 0 aliphatic carbocycles. The van der Waals surface area contributed by atoms with Crippen LogP contribution in [0.1, 0.15) is 30.6 Å². The number of hydrogen-bond acceptors (Lipinski definition) is 4. The van der Waals surface area contributed by atoms with Gasteiger partial charge < -0.3 is 15.0 Å². The lowest BCUT2D eigenvalue weighted by Gasteiger charge is -2.07. The molecule has 2 amide bonds. The lowest BCUT2D eigenvalue weighted by Crippen LogP contribution is -2.21. The Hall–Kier alpha value is -4.13. The largest absolute Gasteiger partial charge is 0.507 e. The molecule has 7 nitrogen and oxygen atoms in total. The zero-order chi connectivity index (χ0) is 22.7. The van der Waals surface area contributed by atoms with E-state index in [1.807, 2.05) is 30.3 Å². The van der Waals surface area contributed by atoms with Crippen molar-refractivity contribution in [3.05, 3.63) is 72.3 Å². The SMILES string of the molecule is CCn1c2ccccc2c2cc(NC(=O)C/C(C)=N/NC(=O)c3ccccc3O)ccc21. The predicted molar refractivity (Wildman–Crippen MR) is 127 cm³/mol. The fraction of sp³-hybridized carbons (Fsp3) is 0.160. The number of aromatic nitrogens is 1. The van der Waals surface area contributed by atoms with Crippen LogP contribution in [-0.2, 0) is 11.3 Å². The lowest BCUT2D eigenvalue weighted by atomic mass is 10.1. The van der Waals surface area contributed by atoms with Gasteiger partial charge in [-0.25, -0.2) is 5.43 Å². The predicted octanol–water partition coefficient (Wildman–Crippen LogP) is 4.65. The van der Waals surface area contributed by atoms with E-state index in [-0.39, 0.29) is 23.6 Å². The number of phenols is 1. The Morgan fingerprint density at radius 2 is 1.69 bits per heavy atom. The summed E-state index contributed by atoms with van der Waals surface area (Å²) in [5.41, 5.74) is 5.91. The number of para-hydroxylation sites is 2. The standard InChI is InChI=1S/C25H24N4O3/c1-3-29-21-10-6-4-8-18(21)20-15-17(12-13-22(20)29)26-24(31)14-16(2)27-28-25(32)19-9-5-7-11-23(19)30/h4-13,15,30H,3,14H2,1-2H3,(H,26,31)(H,28,32)/b27-16+. The van der Waals surface area contributed by atoms with Gasteiger partial charge in [0.1, 0.15) is 5.75 Å². The molecule has 162 valence electrons. The monoisotopic (exact) mass is 428 g/mol. The van der Waals surface area contributed by atoms with Crippen LogP contribution in [0.2, 0.25) is 0 Å². The van der Waals surface area contributed by atoms with E-state index in [1.54, 1.807) is 19.1 Å². The highest BCUT2D eigenvalue weighted by atomic mass is 16.3. The van der Waals surface area contributed by atoms with E-state index in [2.05, 4.69) is 39.5 Å². The molecule has 4 aromatic rings. The van der Waals surface area contributed by atoms with Gasteiger partial charge in [0.25, 0.3) is 5.91 Å². The molecule has 1 aromatic heterocycles. The first-order valence-corrected chi connectivity index (χ1v) is 10.4. The van der Waals surface area contributed by atoms with E-state index in [1.165, 1.54) is 12.1 Å². The summed E-state index contributed by atoms with van der Waals surface area (Å²) in [7, 11) is 0. The van der Waals surface area contributed by atoms with Gasteiger partial charge in [0.2, 0.25) is 5.91 Å². The number of hydrazone groups is 1. The third-order valence-corrected chi connectivity index (χ3v) is 5.29. The van der Waals surface area contributed by atoms with Crippen LogP contribution in [0.3, 0.4) is 0 Å². The van der Waals surface area contributed by atoms with Gasteiger partial charge in [0.15, 0.2) is 0 Å². The molecule has 0 atom stereocenters. The molecule has 0 radical (unpaired) electrons. The second-order valence-corrected chi connectivity index (χ2v) is 7.52. The van der Waals surface area contributed by atoms with E-state index < -0.39 is 5.91 Å². The summed E-state index contributed by atoms with van der Waals surface area (Å²) in [5.74, 6) is -0.905. The topological polar surface area (TPSA) is 95.7 Å². The van der Waals surface area contributed by atoms with Crippen LogP contribution in [0.25, 0.3) is 21.8 Å². The van der Waals surface area contributed by atoms with Gasteiger partial charge in [-0.05, 0) is 50.2 Å². The normalized spacial score (nSPS) is 11.6. The molecule has 7 heteroatoms. The Bertz CT molecular complexity index is 1350.